The van der Waals surface area contributed by atoms with Crippen LogP contribution in [0.5, 0.6) is 5.75 Å². The van der Waals surface area contributed by atoms with Crippen molar-refractivity contribution in [3.8, 4) is 5.75 Å². The quantitative estimate of drug-likeness (QED) is 0.574. The smallest absolute Gasteiger partial charge is 0.306 e. The van der Waals surface area contributed by atoms with Crippen molar-refractivity contribution in [2.75, 3.05) is 0 Å². The molecule has 15 heavy (non-hydrogen) atoms. The van der Waals surface area contributed by atoms with Gasteiger partial charge in [0.2, 0.25) is 0 Å². The van der Waals surface area contributed by atoms with Crippen molar-refractivity contribution in [2.24, 2.45) is 0 Å². The van der Waals surface area contributed by atoms with Crippen LogP contribution in [0.3, 0.4) is 0 Å². The SMILES string of the molecule is O=C(O)CC(O)C(O)c1ccc(O)cc1. The van der Waals surface area contributed by atoms with E-state index in [1.807, 2.05) is 0 Å². The van der Waals surface area contributed by atoms with Gasteiger partial charge in [-0.15, -0.1) is 0 Å². The molecule has 0 amide bonds. The highest BCUT2D eigenvalue weighted by Crippen LogP contribution is 2.21. The maximum Gasteiger partial charge on any atom is 0.306 e. The first-order valence-electron chi connectivity index (χ1n) is 4.37. The monoisotopic (exact) mass is 212 g/mol. The number of aliphatic hydroxyl groups is 2. The molecule has 2 unspecified atom stereocenters. The van der Waals surface area contributed by atoms with E-state index in [4.69, 9.17) is 10.2 Å². The molecule has 0 spiro atoms. The van der Waals surface area contributed by atoms with Gasteiger partial charge in [0.25, 0.3) is 0 Å². The lowest BCUT2D eigenvalue weighted by Gasteiger charge is -2.16. The number of phenols is 1. The topological polar surface area (TPSA) is 98.0 Å². The highest BCUT2D eigenvalue weighted by Gasteiger charge is 2.20. The molecule has 0 radical (unpaired) electrons. The number of aliphatic hydroxyl groups excluding tert-OH is 2. The Kier molecular flexibility index (Phi) is 3.65. The van der Waals surface area contributed by atoms with Crippen LogP contribution >= 0.6 is 0 Å². The van der Waals surface area contributed by atoms with Crippen molar-refractivity contribution in [1.29, 1.82) is 0 Å². The minimum Gasteiger partial charge on any atom is -0.508 e. The minimum absolute atomic E-state index is 0.0404. The zero-order chi connectivity index (χ0) is 11.4. The fourth-order valence-corrected chi connectivity index (χ4v) is 1.18. The Morgan fingerprint density at radius 2 is 1.73 bits per heavy atom. The van der Waals surface area contributed by atoms with E-state index >= 15 is 0 Å². The Hall–Kier alpha value is -1.59. The summed E-state index contributed by atoms with van der Waals surface area (Å²) in [5.74, 6) is -1.14. The summed E-state index contributed by atoms with van der Waals surface area (Å²) >= 11 is 0. The molecule has 5 heteroatoms. The summed E-state index contributed by atoms with van der Waals surface area (Å²) < 4.78 is 0. The average Bonchev–Trinajstić information content (AvgIpc) is 2.17. The van der Waals surface area contributed by atoms with E-state index in [-0.39, 0.29) is 5.75 Å². The zero-order valence-corrected chi connectivity index (χ0v) is 7.87. The van der Waals surface area contributed by atoms with Gasteiger partial charge in [0.15, 0.2) is 0 Å². The summed E-state index contributed by atoms with van der Waals surface area (Å²) in [6.45, 7) is 0. The number of hydrogen-bond donors (Lipinski definition) is 4. The third kappa shape index (κ3) is 3.23. The summed E-state index contributed by atoms with van der Waals surface area (Å²) in [5, 5.41) is 36.2. The number of aromatic hydroxyl groups is 1. The second-order valence-electron chi connectivity index (χ2n) is 3.20. The first kappa shape index (κ1) is 11.5. The van der Waals surface area contributed by atoms with Crippen LogP contribution < -0.4 is 0 Å². The molecular weight excluding hydrogens is 200 g/mol. The third-order valence-corrected chi connectivity index (χ3v) is 1.98. The van der Waals surface area contributed by atoms with Crippen molar-refractivity contribution in [3.63, 3.8) is 0 Å². The molecule has 1 rings (SSSR count). The van der Waals surface area contributed by atoms with Crippen LogP contribution in [0.2, 0.25) is 0 Å². The van der Waals surface area contributed by atoms with Crippen LogP contribution in [-0.4, -0.2) is 32.5 Å². The zero-order valence-electron chi connectivity index (χ0n) is 7.87. The molecule has 2 atom stereocenters. The van der Waals surface area contributed by atoms with Gasteiger partial charge in [0.1, 0.15) is 11.9 Å². The number of phenolic OH excluding ortho intramolecular Hbond substituents is 1. The number of aliphatic carboxylic acids is 1. The van der Waals surface area contributed by atoms with Gasteiger partial charge in [-0.25, -0.2) is 0 Å². The number of benzene rings is 1. The number of rotatable bonds is 4. The van der Waals surface area contributed by atoms with Gasteiger partial charge in [-0.05, 0) is 17.7 Å². The van der Waals surface area contributed by atoms with Crippen molar-refractivity contribution in [2.45, 2.75) is 18.6 Å². The number of carboxylic acid groups (broad SMARTS) is 1. The van der Waals surface area contributed by atoms with Gasteiger partial charge < -0.3 is 20.4 Å². The van der Waals surface area contributed by atoms with E-state index < -0.39 is 24.6 Å². The Morgan fingerprint density at radius 3 is 2.20 bits per heavy atom. The number of hydrogen-bond acceptors (Lipinski definition) is 4. The van der Waals surface area contributed by atoms with Gasteiger partial charge in [-0.1, -0.05) is 12.1 Å². The van der Waals surface area contributed by atoms with Gasteiger partial charge in [0.05, 0.1) is 12.5 Å². The molecule has 0 aromatic heterocycles. The molecule has 0 heterocycles. The minimum atomic E-state index is -1.35. The number of carboxylic acids is 1. The summed E-state index contributed by atoms with van der Waals surface area (Å²) in [5.41, 5.74) is 0.363. The number of carbonyl (C=O) groups is 1. The molecule has 0 aliphatic rings. The molecule has 0 aliphatic carbocycles. The Bertz CT molecular complexity index is 332. The molecule has 1 aromatic rings. The Labute approximate surface area is 86.2 Å². The third-order valence-electron chi connectivity index (χ3n) is 1.98. The lowest BCUT2D eigenvalue weighted by Crippen LogP contribution is -2.21. The molecule has 0 fully saturated rings. The largest absolute Gasteiger partial charge is 0.508 e. The molecule has 0 aliphatic heterocycles. The predicted molar refractivity (Wildman–Crippen MR) is 51.3 cm³/mol. The summed E-state index contributed by atoms with van der Waals surface area (Å²) in [4.78, 5) is 10.3. The first-order valence-corrected chi connectivity index (χ1v) is 4.37. The first-order chi connectivity index (χ1) is 7.00. The summed E-state index contributed by atoms with van der Waals surface area (Å²) in [6, 6.07) is 5.55. The van der Waals surface area contributed by atoms with Crippen molar-refractivity contribution >= 4 is 5.97 Å². The second-order valence-corrected chi connectivity index (χ2v) is 3.20. The van der Waals surface area contributed by atoms with Gasteiger partial charge in [-0.3, -0.25) is 4.79 Å². The fourth-order valence-electron chi connectivity index (χ4n) is 1.18. The molecule has 0 saturated heterocycles. The van der Waals surface area contributed by atoms with E-state index in [1.165, 1.54) is 24.3 Å². The second kappa shape index (κ2) is 4.77. The van der Waals surface area contributed by atoms with Gasteiger partial charge in [0, 0.05) is 0 Å². The summed E-state index contributed by atoms with van der Waals surface area (Å²) in [6.07, 6.45) is -3.14. The van der Waals surface area contributed by atoms with Crippen molar-refractivity contribution in [3.05, 3.63) is 29.8 Å². The average molecular weight is 212 g/mol. The molecule has 5 nitrogen and oxygen atoms in total. The molecular formula is C10H12O5. The van der Waals surface area contributed by atoms with Crippen LogP contribution in [0.15, 0.2) is 24.3 Å². The van der Waals surface area contributed by atoms with E-state index in [9.17, 15) is 15.0 Å². The van der Waals surface area contributed by atoms with Crippen LogP contribution in [0.25, 0.3) is 0 Å². The molecule has 0 saturated carbocycles. The van der Waals surface area contributed by atoms with E-state index in [0.717, 1.165) is 0 Å². The molecule has 0 bridgehead atoms. The van der Waals surface area contributed by atoms with Crippen LogP contribution in [0, 0.1) is 0 Å². The van der Waals surface area contributed by atoms with Gasteiger partial charge in [-0.2, -0.15) is 0 Å². The van der Waals surface area contributed by atoms with Crippen LogP contribution in [-0.2, 0) is 4.79 Å². The van der Waals surface area contributed by atoms with Crippen LogP contribution in [0.1, 0.15) is 18.1 Å². The van der Waals surface area contributed by atoms with Gasteiger partial charge >= 0.3 is 5.97 Å². The normalized spacial score (nSPS) is 14.5. The highest BCUT2D eigenvalue weighted by atomic mass is 16.4. The predicted octanol–water partition coefficient (Wildman–Crippen LogP) is 0.261. The molecule has 1 aromatic carbocycles. The lowest BCUT2D eigenvalue weighted by atomic mass is 10.0. The maximum absolute atomic E-state index is 10.3. The van der Waals surface area contributed by atoms with Crippen molar-refractivity contribution < 1.29 is 25.2 Å². The van der Waals surface area contributed by atoms with Crippen LogP contribution in [0.4, 0.5) is 0 Å². The van der Waals surface area contributed by atoms with Crippen molar-refractivity contribution in [1.82, 2.24) is 0 Å². The standard InChI is InChI=1S/C10H12O5/c11-7-3-1-6(2-4-7)10(15)8(12)5-9(13)14/h1-4,8,10-12,15H,5H2,(H,13,14). The fraction of sp³-hybridized carbons (Fsp3) is 0.300. The lowest BCUT2D eigenvalue weighted by molar-refractivity contribution is -0.141. The van der Waals surface area contributed by atoms with E-state index in [0.29, 0.717) is 5.56 Å². The molecule has 82 valence electrons. The maximum atomic E-state index is 10.3. The van der Waals surface area contributed by atoms with E-state index in [2.05, 4.69) is 0 Å². The Balaban J connectivity index is 2.71. The summed E-state index contributed by atoms with van der Waals surface area (Å²) in [7, 11) is 0. The molecule has 4 N–H and O–H groups in total. The Morgan fingerprint density at radius 1 is 1.20 bits per heavy atom. The van der Waals surface area contributed by atoms with E-state index in [1.54, 1.807) is 0 Å². The highest BCUT2D eigenvalue weighted by molar-refractivity contribution is 5.67.